The summed E-state index contributed by atoms with van der Waals surface area (Å²) in [5.74, 6) is 0.0518. The predicted octanol–water partition coefficient (Wildman–Crippen LogP) is 6.99. The highest BCUT2D eigenvalue weighted by molar-refractivity contribution is 5.87. The summed E-state index contributed by atoms with van der Waals surface area (Å²) < 4.78 is 22.7. The van der Waals surface area contributed by atoms with Gasteiger partial charge in [0.1, 0.15) is 11.6 Å². The van der Waals surface area contributed by atoms with E-state index in [0.717, 1.165) is 60.3 Å². The monoisotopic (exact) mass is 543 g/mol. The van der Waals surface area contributed by atoms with E-state index in [0.29, 0.717) is 12.1 Å². The lowest BCUT2D eigenvalue weighted by Crippen LogP contribution is -2.34. The van der Waals surface area contributed by atoms with Crippen LogP contribution in [0, 0.1) is 5.82 Å². The molecule has 3 aromatic carbocycles. The van der Waals surface area contributed by atoms with Crippen LogP contribution in [0.2, 0.25) is 0 Å². The van der Waals surface area contributed by atoms with E-state index in [4.69, 9.17) is 4.74 Å². The van der Waals surface area contributed by atoms with Crippen LogP contribution in [0.1, 0.15) is 62.6 Å². The number of aromatic nitrogens is 1. The van der Waals surface area contributed by atoms with E-state index < -0.39 is 5.92 Å². The summed E-state index contributed by atoms with van der Waals surface area (Å²) in [5.41, 5.74) is 3.68. The molecule has 2 atom stereocenters. The Morgan fingerprint density at radius 3 is 2.38 bits per heavy atom. The molecule has 0 aliphatic carbocycles. The van der Waals surface area contributed by atoms with Gasteiger partial charge in [0.2, 0.25) is 5.91 Å². The van der Waals surface area contributed by atoms with Crippen molar-refractivity contribution in [2.75, 3.05) is 26.7 Å². The molecule has 5 nitrogen and oxygen atoms in total. The van der Waals surface area contributed by atoms with Crippen molar-refractivity contribution in [3.63, 3.8) is 0 Å². The van der Waals surface area contributed by atoms with E-state index in [-0.39, 0.29) is 24.2 Å². The lowest BCUT2D eigenvalue weighted by Gasteiger charge is -2.21. The Balaban J connectivity index is 1.59. The van der Waals surface area contributed by atoms with E-state index in [1.807, 2.05) is 30.3 Å². The number of rotatable bonds is 14. The topological polar surface area (TPSA) is 46.5 Å². The summed E-state index contributed by atoms with van der Waals surface area (Å²) in [4.78, 5) is 15.8. The number of benzene rings is 3. The van der Waals surface area contributed by atoms with E-state index in [1.54, 1.807) is 19.2 Å². The molecule has 1 N–H and O–H groups in total. The fourth-order valence-electron chi connectivity index (χ4n) is 5.51. The molecule has 0 radical (unpaired) electrons. The molecule has 0 aliphatic heterocycles. The van der Waals surface area contributed by atoms with Crippen LogP contribution in [0.25, 0.3) is 10.9 Å². The number of halogens is 1. The van der Waals surface area contributed by atoms with Crippen LogP contribution >= 0.6 is 0 Å². The molecule has 0 spiro atoms. The van der Waals surface area contributed by atoms with E-state index >= 15 is 4.39 Å². The Kier molecular flexibility index (Phi) is 10.4. The van der Waals surface area contributed by atoms with Gasteiger partial charge in [-0.3, -0.25) is 4.79 Å². The largest absolute Gasteiger partial charge is 0.497 e. The number of fused-ring (bicyclic) bond motifs is 1. The van der Waals surface area contributed by atoms with Gasteiger partial charge < -0.3 is 19.5 Å². The highest BCUT2D eigenvalue weighted by Gasteiger charge is 2.25. The average molecular weight is 544 g/mol. The Morgan fingerprint density at radius 2 is 1.68 bits per heavy atom. The number of nitrogens with zero attached hydrogens (tertiary/aromatic N) is 2. The number of carbonyl (C=O) groups is 1. The van der Waals surface area contributed by atoms with Crippen molar-refractivity contribution in [1.82, 2.24) is 14.8 Å². The number of nitrogens with one attached hydrogen (secondary N) is 1. The van der Waals surface area contributed by atoms with Crippen molar-refractivity contribution in [1.29, 1.82) is 0 Å². The van der Waals surface area contributed by atoms with Gasteiger partial charge in [-0.05, 0) is 80.4 Å². The standard InChI is InChI=1S/C34H42FN3O2/c1-5-37(6-2)21-11-12-25(3)36-34(39)22-30(28-13-7-9-15-32(28)35)31-24-38(33-16-10-8-14-29(31)33)23-26-17-19-27(40-4)20-18-26/h7-10,13-20,24-25,30H,5-6,11-12,21-23H2,1-4H3,(H,36,39)/t25-,30+/m1/s1. The summed E-state index contributed by atoms with van der Waals surface area (Å²) >= 11 is 0. The summed E-state index contributed by atoms with van der Waals surface area (Å²) in [6.45, 7) is 10.2. The SMILES string of the molecule is CCN(CC)CCC[C@@H](C)NC(=O)C[C@@H](c1ccccc1F)c1cn(Cc2ccc(OC)cc2)c2ccccc12. The summed E-state index contributed by atoms with van der Waals surface area (Å²) in [6, 6.07) is 23.1. The normalized spacial score (nSPS) is 12.9. The molecule has 0 saturated carbocycles. The molecule has 0 saturated heterocycles. The first-order chi connectivity index (χ1) is 19.4. The summed E-state index contributed by atoms with van der Waals surface area (Å²) in [6.07, 6.45) is 4.21. The number of carbonyl (C=O) groups excluding carboxylic acids is 1. The molecule has 4 aromatic rings. The molecule has 40 heavy (non-hydrogen) atoms. The van der Waals surface area contributed by atoms with Crippen molar-refractivity contribution in [2.45, 2.75) is 58.5 Å². The molecule has 0 fully saturated rings. The van der Waals surface area contributed by atoms with Gasteiger partial charge in [-0.1, -0.05) is 62.4 Å². The molecule has 0 bridgehead atoms. The second-order valence-electron chi connectivity index (χ2n) is 10.5. The van der Waals surface area contributed by atoms with Gasteiger partial charge in [0, 0.05) is 42.0 Å². The predicted molar refractivity (Wildman–Crippen MR) is 162 cm³/mol. The maximum Gasteiger partial charge on any atom is 0.221 e. The zero-order chi connectivity index (χ0) is 28.5. The van der Waals surface area contributed by atoms with Gasteiger partial charge >= 0.3 is 0 Å². The van der Waals surface area contributed by atoms with Gasteiger partial charge in [-0.25, -0.2) is 4.39 Å². The smallest absolute Gasteiger partial charge is 0.221 e. The molecule has 1 heterocycles. The van der Waals surface area contributed by atoms with Crippen LogP contribution < -0.4 is 10.1 Å². The molecule has 6 heteroatoms. The molecule has 1 amide bonds. The first-order valence-electron chi connectivity index (χ1n) is 14.4. The number of hydrogen-bond acceptors (Lipinski definition) is 3. The Morgan fingerprint density at radius 1 is 0.975 bits per heavy atom. The second kappa shape index (κ2) is 14.1. The Bertz CT molecular complexity index is 1380. The van der Waals surface area contributed by atoms with Gasteiger partial charge in [0.25, 0.3) is 0 Å². The highest BCUT2D eigenvalue weighted by atomic mass is 19.1. The van der Waals surface area contributed by atoms with Gasteiger partial charge in [-0.15, -0.1) is 0 Å². The van der Waals surface area contributed by atoms with Gasteiger partial charge in [-0.2, -0.15) is 0 Å². The van der Waals surface area contributed by atoms with Crippen molar-refractivity contribution in [3.8, 4) is 5.75 Å². The zero-order valence-electron chi connectivity index (χ0n) is 24.2. The lowest BCUT2D eigenvalue weighted by atomic mass is 9.87. The summed E-state index contributed by atoms with van der Waals surface area (Å²) in [5, 5.41) is 4.22. The van der Waals surface area contributed by atoms with Crippen LogP contribution in [0.4, 0.5) is 4.39 Å². The van der Waals surface area contributed by atoms with Crippen LogP contribution in [0.3, 0.4) is 0 Å². The minimum atomic E-state index is -0.411. The second-order valence-corrected chi connectivity index (χ2v) is 10.5. The molecular formula is C34H42FN3O2. The number of ether oxygens (including phenoxy) is 1. The summed E-state index contributed by atoms with van der Waals surface area (Å²) in [7, 11) is 1.66. The van der Waals surface area contributed by atoms with E-state index in [2.05, 4.69) is 66.0 Å². The lowest BCUT2D eigenvalue weighted by molar-refractivity contribution is -0.121. The maximum absolute atomic E-state index is 15.2. The van der Waals surface area contributed by atoms with Crippen LogP contribution in [0.15, 0.2) is 79.0 Å². The molecule has 0 aliphatic rings. The average Bonchev–Trinajstić information content (AvgIpc) is 3.33. The van der Waals surface area contributed by atoms with Gasteiger partial charge in [0.05, 0.1) is 7.11 Å². The number of para-hydroxylation sites is 1. The quantitative estimate of drug-likeness (QED) is 0.187. The number of amides is 1. The van der Waals surface area contributed by atoms with E-state index in [1.165, 1.54) is 6.07 Å². The van der Waals surface area contributed by atoms with Crippen LogP contribution in [-0.2, 0) is 11.3 Å². The maximum atomic E-state index is 15.2. The molecule has 212 valence electrons. The molecular weight excluding hydrogens is 501 g/mol. The van der Waals surface area contributed by atoms with Gasteiger partial charge in [0.15, 0.2) is 0 Å². The first kappa shape index (κ1) is 29.3. The minimum absolute atomic E-state index is 0.0562. The third-order valence-corrected chi connectivity index (χ3v) is 7.79. The van der Waals surface area contributed by atoms with Crippen molar-refractivity contribution >= 4 is 16.8 Å². The van der Waals surface area contributed by atoms with Crippen LogP contribution in [-0.4, -0.2) is 48.2 Å². The molecule has 0 unspecified atom stereocenters. The Hall–Kier alpha value is -3.64. The van der Waals surface area contributed by atoms with Crippen molar-refractivity contribution < 1.29 is 13.9 Å². The first-order valence-corrected chi connectivity index (χ1v) is 14.4. The number of methoxy groups -OCH3 is 1. The third-order valence-electron chi connectivity index (χ3n) is 7.79. The third kappa shape index (κ3) is 7.30. The van der Waals surface area contributed by atoms with E-state index in [9.17, 15) is 4.79 Å². The zero-order valence-corrected chi connectivity index (χ0v) is 24.2. The van der Waals surface area contributed by atoms with Crippen molar-refractivity contribution in [2.24, 2.45) is 0 Å². The molecule has 4 rings (SSSR count). The van der Waals surface area contributed by atoms with Crippen molar-refractivity contribution in [3.05, 3.63) is 102 Å². The fraction of sp³-hybridized carbons (Fsp3) is 0.382. The fourth-order valence-corrected chi connectivity index (χ4v) is 5.51. The number of hydrogen-bond donors (Lipinski definition) is 1. The molecule has 1 aromatic heterocycles. The van der Waals surface area contributed by atoms with Crippen LogP contribution in [0.5, 0.6) is 5.75 Å². The minimum Gasteiger partial charge on any atom is -0.497 e. The highest BCUT2D eigenvalue weighted by Crippen LogP contribution is 2.36. The Labute approximate surface area is 238 Å².